The van der Waals surface area contributed by atoms with Gasteiger partial charge >= 0.3 is 5.76 Å². The van der Waals surface area contributed by atoms with Crippen LogP contribution in [-0.2, 0) is 6.54 Å². The van der Waals surface area contributed by atoms with E-state index in [-0.39, 0.29) is 19.0 Å². The highest BCUT2D eigenvalue weighted by Gasteiger charge is 2.16. The fraction of sp³-hybridized carbons (Fsp3) is 0.294. The van der Waals surface area contributed by atoms with Gasteiger partial charge in [-0.15, -0.1) is 5.10 Å². The summed E-state index contributed by atoms with van der Waals surface area (Å²) in [6, 6.07) is 9.15. The van der Waals surface area contributed by atoms with Gasteiger partial charge in [0.15, 0.2) is 5.76 Å². The van der Waals surface area contributed by atoms with Crippen LogP contribution in [0.1, 0.15) is 11.1 Å². The number of aliphatic hydroxyl groups is 1. The van der Waals surface area contributed by atoms with Crippen molar-refractivity contribution in [1.29, 1.82) is 0 Å². The van der Waals surface area contributed by atoms with E-state index in [0.717, 1.165) is 15.8 Å². The summed E-state index contributed by atoms with van der Waals surface area (Å²) in [5.41, 5.74) is 2.05. The Hall–Kier alpha value is -2.80. The number of benzene rings is 1. The second-order valence-corrected chi connectivity index (χ2v) is 5.57. The van der Waals surface area contributed by atoms with Crippen molar-refractivity contribution in [2.45, 2.75) is 26.5 Å². The van der Waals surface area contributed by atoms with E-state index in [0.29, 0.717) is 11.5 Å². The Bertz CT molecular complexity index is 863. The number of aryl methyl sites for hydroxylation is 2. The maximum atomic E-state index is 11.8. The van der Waals surface area contributed by atoms with Crippen molar-refractivity contribution in [3.05, 3.63) is 58.3 Å². The van der Waals surface area contributed by atoms with Crippen molar-refractivity contribution in [1.82, 2.24) is 9.78 Å². The molecule has 0 spiro atoms. The lowest BCUT2D eigenvalue weighted by molar-refractivity contribution is 0.0872. The van der Waals surface area contributed by atoms with E-state index in [2.05, 4.69) is 5.10 Å². The van der Waals surface area contributed by atoms with Crippen molar-refractivity contribution >= 4 is 0 Å². The number of hydrogen-bond donors (Lipinski definition) is 1. The van der Waals surface area contributed by atoms with Gasteiger partial charge in [-0.05, 0) is 43.2 Å². The molecule has 0 bridgehead atoms. The molecule has 0 radical (unpaired) electrons. The Kier molecular flexibility index (Phi) is 4.52. The van der Waals surface area contributed by atoms with Crippen LogP contribution < -0.4 is 10.5 Å². The number of aliphatic hydroxyl groups excluding tert-OH is 1. The second-order valence-electron chi connectivity index (χ2n) is 5.57. The molecule has 1 aromatic carbocycles. The smallest absolute Gasteiger partial charge is 0.437 e. The van der Waals surface area contributed by atoms with Crippen LogP contribution in [0, 0.1) is 13.8 Å². The lowest BCUT2D eigenvalue weighted by Gasteiger charge is -2.13. The highest BCUT2D eigenvalue weighted by molar-refractivity contribution is 5.42. The van der Waals surface area contributed by atoms with Gasteiger partial charge in [0.2, 0.25) is 0 Å². The SMILES string of the molecule is Cc1ccc(C)c(OCC(O)Cn2nc(-c3ccco3)oc2=O)c1. The van der Waals surface area contributed by atoms with Crippen molar-refractivity contribution in [3.8, 4) is 17.4 Å². The Labute approximate surface area is 138 Å². The van der Waals surface area contributed by atoms with Gasteiger partial charge in [0.05, 0.1) is 12.8 Å². The molecule has 0 aliphatic heterocycles. The first-order chi connectivity index (χ1) is 11.5. The maximum Gasteiger partial charge on any atom is 0.437 e. The standard InChI is InChI=1S/C17H18N2O5/c1-11-5-6-12(2)15(8-11)23-10-13(20)9-19-17(21)24-16(18-19)14-4-3-7-22-14/h3-8,13,20H,9-10H2,1-2H3. The zero-order valence-electron chi connectivity index (χ0n) is 13.4. The molecule has 2 heterocycles. The summed E-state index contributed by atoms with van der Waals surface area (Å²) in [6.45, 7) is 3.90. The molecule has 0 saturated heterocycles. The molecule has 1 unspecified atom stereocenters. The van der Waals surface area contributed by atoms with Crippen LogP contribution in [0.25, 0.3) is 11.7 Å². The third-order valence-corrected chi connectivity index (χ3v) is 3.50. The van der Waals surface area contributed by atoms with Crippen molar-refractivity contribution < 1.29 is 18.7 Å². The highest BCUT2D eigenvalue weighted by Crippen LogP contribution is 2.19. The molecule has 24 heavy (non-hydrogen) atoms. The summed E-state index contributed by atoms with van der Waals surface area (Å²) in [5, 5.41) is 14.1. The Morgan fingerprint density at radius 2 is 2.17 bits per heavy atom. The zero-order chi connectivity index (χ0) is 17.1. The Morgan fingerprint density at radius 1 is 1.33 bits per heavy atom. The van der Waals surface area contributed by atoms with E-state index in [4.69, 9.17) is 13.6 Å². The molecule has 3 rings (SSSR count). The molecular weight excluding hydrogens is 312 g/mol. The van der Waals surface area contributed by atoms with E-state index in [1.54, 1.807) is 12.1 Å². The third kappa shape index (κ3) is 3.57. The first-order valence-corrected chi connectivity index (χ1v) is 7.53. The molecule has 0 aliphatic rings. The Balaban J connectivity index is 1.64. The van der Waals surface area contributed by atoms with Crippen LogP contribution in [0.2, 0.25) is 0 Å². The van der Waals surface area contributed by atoms with Gasteiger partial charge < -0.3 is 18.7 Å². The number of aromatic nitrogens is 2. The molecule has 0 amide bonds. The summed E-state index contributed by atoms with van der Waals surface area (Å²) in [5.74, 6) is 0.477. The predicted octanol–water partition coefficient (Wildman–Crippen LogP) is 2.15. The van der Waals surface area contributed by atoms with Gasteiger partial charge in [-0.2, -0.15) is 4.68 Å². The number of ether oxygens (including phenoxy) is 1. The fourth-order valence-corrected chi connectivity index (χ4v) is 2.22. The van der Waals surface area contributed by atoms with E-state index >= 15 is 0 Å². The van der Waals surface area contributed by atoms with Gasteiger partial charge in [-0.1, -0.05) is 12.1 Å². The monoisotopic (exact) mass is 330 g/mol. The predicted molar refractivity (Wildman–Crippen MR) is 85.9 cm³/mol. The first-order valence-electron chi connectivity index (χ1n) is 7.53. The van der Waals surface area contributed by atoms with Crippen LogP contribution in [0.5, 0.6) is 5.75 Å². The quantitative estimate of drug-likeness (QED) is 0.745. The summed E-state index contributed by atoms with van der Waals surface area (Å²) >= 11 is 0. The molecule has 0 aliphatic carbocycles. The van der Waals surface area contributed by atoms with Crippen LogP contribution in [0.3, 0.4) is 0 Å². The van der Waals surface area contributed by atoms with E-state index in [9.17, 15) is 9.90 Å². The highest BCUT2D eigenvalue weighted by atomic mass is 16.5. The summed E-state index contributed by atoms with van der Waals surface area (Å²) in [6.07, 6.45) is 0.554. The van der Waals surface area contributed by atoms with Crippen molar-refractivity contribution in [2.24, 2.45) is 0 Å². The Morgan fingerprint density at radius 3 is 2.92 bits per heavy atom. The van der Waals surface area contributed by atoms with E-state index < -0.39 is 11.9 Å². The molecule has 126 valence electrons. The number of furan rings is 1. The molecule has 1 N–H and O–H groups in total. The van der Waals surface area contributed by atoms with Gasteiger partial charge in [-0.25, -0.2) is 4.79 Å². The number of rotatable bonds is 6. The minimum absolute atomic E-state index is 0.0338. The molecule has 7 nitrogen and oxygen atoms in total. The van der Waals surface area contributed by atoms with Crippen molar-refractivity contribution in [3.63, 3.8) is 0 Å². The van der Waals surface area contributed by atoms with E-state index in [1.807, 2.05) is 32.0 Å². The molecule has 1 atom stereocenters. The average Bonchev–Trinajstić information content (AvgIpc) is 3.19. The number of nitrogens with zero attached hydrogens (tertiary/aromatic N) is 2. The normalized spacial score (nSPS) is 12.3. The van der Waals surface area contributed by atoms with Crippen LogP contribution in [0.4, 0.5) is 0 Å². The van der Waals surface area contributed by atoms with E-state index in [1.165, 1.54) is 6.26 Å². The minimum Gasteiger partial charge on any atom is -0.491 e. The zero-order valence-corrected chi connectivity index (χ0v) is 13.4. The topological polar surface area (TPSA) is 90.6 Å². The van der Waals surface area contributed by atoms with Crippen molar-refractivity contribution in [2.75, 3.05) is 6.61 Å². The summed E-state index contributed by atoms with van der Waals surface area (Å²) < 4.78 is 16.8. The molecule has 7 heteroatoms. The third-order valence-electron chi connectivity index (χ3n) is 3.50. The van der Waals surface area contributed by atoms with Gasteiger partial charge in [-0.3, -0.25) is 0 Å². The maximum absolute atomic E-state index is 11.8. The summed E-state index contributed by atoms with van der Waals surface area (Å²) in [4.78, 5) is 11.8. The van der Waals surface area contributed by atoms with Gasteiger partial charge in [0.1, 0.15) is 18.5 Å². The minimum atomic E-state index is -0.905. The fourth-order valence-electron chi connectivity index (χ4n) is 2.22. The van der Waals surface area contributed by atoms with Gasteiger partial charge in [0.25, 0.3) is 5.89 Å². The molecular formula is C17H18N2O5. The molecule has 3 aromatic rings. The lowest BCUT2D eigenvalue weighted by atomic mass is 10.1. The molecule has 0 fully saturated rings. The molecule has 2 aromatic heterocycles. The lowest BCUT2D eigenvalue weighted by Crippen LogP contribution is -2.29. The van der Waals surface area contributed by atoms with Gasteiger partial charge in [0, 0.05) is 0 Å². The average molecular weight is 330 g/mol. The largest absolute Gasteiger partial charge is 0.491 e. The van der Waals surface area contributed by atoms with Crippen LogP contribution in [0.15, 0.2) is 50.2 Å². The number of hydrogen-bond acceptors (Lipinski definition) is 6. The second kappa shape index (κ2) is 6.76. The molecule has 0 saturated carbocycles. The van der Waals surface area contributed by atoms with Crippen LogP contribution >= 0.6 is 0 Å². The first kappa shape index (κ1) is 16.1. The van der Waals surface area contributed by atoms with Crippen LogP contribution in [-0.4, -0.2) is 27.6 Å². The summed E-state index contributed by atoms with van der Waals surface area (Å²) in [7, 11) is 0.